The fourth-order valence-corrected chi connectivity index (χ4v) is 5.13. The van der Waals surface area contributed by atoms with Crippen LogP contribution in [0.5, 0.6) is 0 Å². The molecule has 1 aromatic rings. The Labute approximate surface area is 125 Å². The average Bonchev–Trinajstić information content (AvgIpc) is 2.60. The molecule has 0 spiro atoms. The summed E-state index contributed by atoms with van der Waals surface area (Å²) in [6.07, 6.45) is 1.61. The van der Waals surface area contributed by atoms with Gasteiger partial charge in [0.15, 0.2) is 0 Å². The Kier molecular flexibility index (Phi) is 6.57. The second kappa shape index (κ2) is 7.21. The number of sulfonamides is 1. The molecule has 18 heavy (non-hydrogen) atoms. The molecule has 104 valence electrons. The Bertz CT molecular complexity index is 464. The van der Waals surface area contributed by atoms with Crippen LogP contribution in [0, 0.1) is 0 Å². The van der Waals surface area contributed by atoms with Crippen LogP contribution in [-0.4, -0.2) is 28.2 Å². The van der Waals surface area contributed by atoms with E-state index in [1.54, 1.807) is 7.11 Å². The summed E-state index contributed by atoms with van der Waals surface area (Å²) in [5.74, 6) is 0. The minimum atomic E-state index is -3.53. The molecule has 0 radical (unpaired) electrons. The first kappa shape index (κ1) is 16.4. The van der Waals surface area contributed by atoms with E-state index in [2.05, 4.69) is 20.7 Å². The number of nitrogens with one attached hydrogen (secondary N) is 1. The normalized spacial score (nSPS) is 13.8. The first-order valence-electron chi connectivity index (χ1n) is 5.36. The number of rotatable bonds is 7. The van der Waals surface area contributed by atoms with Crippen LogP contribution < -0.4 is 4.72 Å². The summed E-state index contributed by atoms with van der Waals surface area (Å²) >= 11 is 10.1. The zero-order valence-electron chi connectivity index (χ0n) is 10.1. The second-order valence-corrected chi connectivity index (χ2v) is 8.47. The van der Waals surface area contributed by atoms with Crippen molar-refractivity contribution in [1.29, 1.82) is 0 Å². The van der Waals surface area contributed by atoms with Crippen LogP contribution in [0.25, 0.3) is 0 Å². The molecular formula is C10H15BrClNO3S2. The first-order chi connectivity index (χ1) is 8.40. The average molecular weight is 377 g/mol. The predicted molar refractivity (Wildman–Crippen MR) is 77.9 cm³/mol. The number of hydrogen-bond acceptors (Lipinski definition) is 4. The van der Waals surface area contributed by atoms with Gasteiger partial charge in [-0.2, -0.15) is 0 Å². The molecule has 8 heteroatoms. The number of thiophene rings is 1. The van der Waals surface area contributed by atoms with Crippen molar-refractivity contribution in [2.75, 3.05) is 13.7 Å². The number of halogens is 2. The van der Waals surface area contributed by atoms with Crippen LogP contribution in [0.1, 0.15) is 19.8 Å². The summed E-state index contributed by atoms with van der Waals surface area (Å²) in [7, 11) is -1.98. The van der Waals surface area contributed by atoms with E-state index < -0.39 is 10.0 Å². The van der Waals surface area contributed by atoms with Crippen LogP contribution in [0.15, 0.2) is 14.1 Å². The van der Waals surface area contributed by atoms with E-state index in [0.717, 1.165) is 24.2 Å². The highest BCUT2D eigenvalue weighted by molar-refractivity contribution is 9.11. The number of ether oxygens (including phenoxy) is 1. The minimum Gasteiger partial charge on any atom is -0.383 e. The Morgan fingerprint density at radius 3 is 2.72 bits per heavy atom. The third-order valence-electron chi connectivity index (χ3n) is 2.21. The molecule has 0 bridgehead atoms. The topological polar surface area (TPSA) is 55.4 Å². The quantitative estimate of drug-likeness (QED) is 0.794. The van der Waals surface area contributed by atoms with Gasteiger partial charge in [0.05, 0.1) is 15.4 Å². The monoisotopic (exact) mass is 375 g/mol. The third kappa shape index (κ3) is 4.47. The smallest absolute Gasteiger partial charge is 0.250 e. The van der Waals surface area contributed by atoms with Gasteiger partial charge in [0.2, 0.25) is 10.0 Å². The van der Waals surface area contributed by atoms with Gasteiger partial charge in [-0.05, 0) is 28.4 Å². The summed E-state index contributed by atoms with van der Waals surface area (Å²) in [5, 5.41) is 0.402. The summed E-state index contributed by atoms with van der Waals surface area (Å²) in [6.45, 7) is 2.35. The molecule has 0 aliphatic rings. The van der Waals surface area contributed by atoms with Crippen LogP contribution in [0.2, 0.25) is 5.02 Å². The Morgan fingerprint density at radius 1 is 1.61 bits per heavy atom. The summed E-state index contributed by atoms with van der Waals surface area (Å²) in [5.41, 5.74) is 0. The maximum absolute atomic E-state index is 12.1. The van der Waals surface area contributed by atoms with Crippen molar-refractivity contribution in [3.05, 3.63) is 14.9 Å². The first-order valence-corrected chi connectivity index (χ1v) is 8.83. The molecule has 0 aliphatic heterocycles. The van der Waals surface area contributed by atoms with Crippen LogP contribution in [0.4, 0.5) is 0 Å². The molecule has 1 N–H and O–H groups in total. The zero-order valence-corrected chi connectivity index (χ0v) is 14.0. The second-order valence-electron chi connectivity index (χ2n) is 3.75. The van der Waals surface area contributed by atoms with Crippen molar-refractivity contribution in [3.63, 3.8) is 0 Å². The van der Waals surface area contributed by atoms with Gasteiger partial charge >= 0.3 is 0 Å². The highest BCUT2D eigenvalue weighted by atomic mass is 79.9. The molecule has 0 saturated carbocycles. The highest BCUT2D eigenvalue weighted by Gasteiger charge is 2.22. The fourth-order valence-electron chi connectivity index (χ4n) is 1.46. The Morgan fingerprint density at radius 2 is 2.28 bits per heavy atom. The molecule has 0 aromatic carbocycles. The third-order valence-corrected chi connectivity index (χ3v) is 6.68. The van der Waals surface area contributed by atoms with Crippen LogP contribution in [0.3, 0.4) is 0 Å². The van der Waals surface area contributed by atoms with E-state index in [1.807, 2.05) is 6.92 Å². The van der Waals surface area contributed by atoms with E-state index in [-0.39, 0.29) is 10.3 Å². The number of hydrogen-bond donors (Lipinski definition) is 1. The number of methoxy groups -OCH3 is 1. The molecule has 0 aliphatic carbocycles. The van der Waals surface area contributed by atoms with Crippen molar-refractivity contribution in [3.8, 4) is 0 Å². The fraction of sp³-hybridized carbons (Fsp3) is 0.600. The van der Waals surface area contributed by atoms with Gasteiger partial charge in [0.1, 0.15) is 4.21 Å². The zero-order chi connectivity index (χ0) is 13.8. The lowest BCUT2D eigenvalue weighted by Gasteiger charge is -2.16. The molecular weight excluding hydrogens is 362 g/mol. The van der Waals surface area contributed by atoms with Gasteiger partial charge < -0.3 is 4.74 Å². The van der Waals surface area contributed by atoms with Crippen LogP contribution >= 0.6 is 38.9 Å². The van der Waals surface area contributed by atoms with Gasteiger partial charge in [0, 0.05) is 13.2 Å². The van der Waals surface area contributed by atoms with Crippen molar-refractivity contribution < 1.29 is 13.2 Å². The molecule has 1 rings (SSSR count). The molecule has 4 nitrogen and oxygen atoms in total. The SMILES string of the molecule is CCCC(COC)NS(=O)(=O)c1cc(Cl)c(Br)s1. The van der Waals surface area contributed by atoms with Gasteiger partial charge in [0.25, 0.3) is 0 Å². The molecule has 0 saturated heterocycles. The lowest BCUT2D eigenvalue weighted by atomic mass is 10.2. The van der Waals surface area contributed by atoms with E-state index in [9.17, 15) is 8.42 Å². The van der Waals surface area contributed by atoms with Gasteiger partial charge in [-0.25, -0.2) is 13.1 Å². The largest absolute Gasteiger partial charge is 0.383 e. The predicted octanol–water partition coefficient (Wildman–Crippen LogP) is 3.26. The Hall–Kier alpha value is 0.340. The van der Waals surface area contributed by atoms with E-state index in [0.29, 0.717) is 15.4 Å². The maximum atomic E-state index is 12.1. The van der Waals surface area contributed by atoms with E-state index in [4.69, 9.17) is 16.3 Å². The Balaban J connectivity index is 2.85. The summed E-state index contributed by atoms with van der Waals surface area (Å²) in [4.78, 5) is 0. The van der Waals surface area contributed by atoms with Gasteiger partial charge in [-0.15, -0.1) is 11.3 Å². The van der Waals surface area contributed by atoms with E-state index >= 15 is 0 Å². The molecule has 0 fully saturated rings. The molecule has 1 atom stereocenters. The molecule has 0 amide bonds. The summed E-state index contributed by atoms with van der Waals surface area (Å²) in [6, 6.07) is 1.22. The standard InChI is InChI=1S/C10H15BrClNO3S2/c1-3-4-7(6-16-2)13-18(14,15)9-5-8(12)10(11)17-9/h5,7,13H,3-4,6H2,1-2H3. The van der Waals surface area contributed by atoms with Crippen molar-refractivity contribution >= 4 is 48.9 Å². The lowest BCUT2D eigenvalue weighted by Crippen LogP contribution is -2.37. The van der Waals surface area contributed by atoms with Crippen LogP contribution in [-0.2, 0) is 14.8 Å². The minimum absolute atomic E-state index is 0.205. The molecule has 1 aromatic heterocycles. The summed E-state index contributed by atoms with van der Waals surface area (Å²) < 4.78 is 32.7. The van der Waals surface area contributed by atoms with Gasteiger partial charge in [-0.3, -0.25) is 0 Å². The van der Waals surface area contributed by atoms with Gasteiger partial charge in [-0.1, -0.05) is 24.9 Å². The van der Waals surface area contributed by atoms with E-state index in [1.165, 1.54) is 6.07 Å². The maximum Gasteiger partial charge on any atom is 0.250 e. The lowest BCUT2D eigenvalue weighted by molar-refractivity contribution is 0.171. The van der Waals surface area contributed by atoms with Crippen molar-refractivity contribution in [2.45, 2.75) is 30.0 Å². The highest BCUT2D eigenvalue weighted by Crippen LogP contribution is 2.34. The van der Waals surface area contributed by atoms with Crippen molar-refractivity contribution in [2.24, 2.45) is 0 Å². The molecule has 1 unspecified atom stereocenters. The molecule has 1 heterocycles. The van der Waals surface area contributed by atoms with Crippen molar-refractivity contribution in [1.82, 2.24) is 4.72 Å².